The van der Waals surface area contributed by atoms with Gasteiger partial charge in [-0.25, -0.2) is 8.42 Å². The van der Waals surface area contributed by atoms with Gasteiger partial charge in [-0.3, -0.25) is 14.3 Å². The molecular formula is C22H18Cl2N2O5S. The summed E-state index contributed by atoms with van der Waals surface area (Å²) >= 11 is 12.0. The number of hydrogen-bond donors (Lipinski definition) is 2. The summed E-state index contributed by atoms with van der Waals surface area (Å²) in [6.45, 7) is 1.07. The number of carbonyl (C=O) groups is 2. The van der Waals surface area contributed by atoms with E-state index in [-0.39, 0.29) is 28.1 Å². The molecule has 0 aliphatic heterocycles. The predicted octanol–water partition coefficient (Wildman–Crippen LogP) is 5.01. The van der Waals surface area contributed by atoms with Crippen LogP contribution in [0.5, 0.6) is 5.75 Å². The molecule has 0 aliphatic carbocycles. The lowest BCUT2D eigenvalue weighted by molar-refractivity contribution is -0.118. The lowest BCUT2D eigenvalue weighted by Crippen LogP contribution is -2.20. The van der Waals surface area contributed by atoms with Crippen molar-refractivity contribution in [2.75, 3.05) is 16.6 Å². The zero-order valence-corrected chi connectivity index (χ0v) is 19.1. The van der Waals surface area contributed by atoms with Crippen LogP contribution < -0.4 is 14.8 Å². The second-order valence-corrected chi connectivity index (χ2v) is 9.20. The van der Waals surface area contributed by atoms with Crippen LogP contribution in [0.15, 0.2) is 71.6 Å². The number of halogens is 2. The van der Waals surface area contributed by atoms with Gasteiger partial charge in [-0.15, -0.1) is 0 Å². The molecule has 7 nitrogen and oxygen atoms in total. The normalized spacial score (nSPS) is 11.0. The van der Waals surface area contributed by atoms with Gasteiger partial charge >= 0.3 is 0 Å². The molecule has 0 unspecified atom stereocenters. The van der Waals surface area contributed by atoms with Gasteiger partial charge < -0.3 is 10.1 Å². The number of hydrogen-bond acceptors (Lipinski definition) is 5. The van der Waals surface area contributed by atoms with E-state index >= 15 is 0 Å². The highest BCUT2D eigenvalue weighted by Gasteiger charge is 2.17. The number of benzene rings is 3. The zero-order chi connectivity index (χ0) is 23.3. The van der Waals surface area contributed by atoms with Crippen molar-refractivity contribution in [2.45, 2.75) is 11.8 Å². The van der Waals surface area contributed by atoms with Gasteiger partial charge in [0.1, 0.15) is 5.75 Å². The molecular weight excluding hydrogens is 475 g/mol. The van der Waals surface area contributed by atoms with Gasteiger partial charge in [0.15, 0.2) is 12.4 Å². The van der Waals surface area contributed by atoms with E-state index in [0.29, 0.717) is 22.0 Å². The average molecular weight is 493 g/mol. The highest BCUT2D eigenvalue weighted by molar-refractivity contribution is 7.92. The standard InChI is InChI=1S/C22H18Cl2N2O5S/c1-14(27)15-3-2-4-18(11-15)25-22(28)13-31-21-10-9-19(12-20(21)24)32(29,30)26-17-7-5-16(23)6-8-17/h2-12,26H,13H2,1H3,(H,25,28). The van der Waals surface area contributed by atoms with Crippen LogP contribution in [0.1, 0.15) is 17.3 Å². The van der Waals surface area contributed by atoms with Gasteiger partial charge in [0.25, 0.3) is 15.9 Å². The first kappa shape index (κ1) is 23.6. The van der Waals surface area contributed by atoms with E-state index in [1.807, 2.05) is 0 Å². The molecule has 0 fully saturated rings. The number of nitrogens with one attached hydrogen (secondary N) is 2. The molecule has 0 heterocycles. The van der Waals surface area contributed by atoms with Gasteiger partial charge in [-0.05, 0) is 61.5 Å². The first-order valence-electron chi connectivity index (χ1n) is 9.25. The Kier molecular flexibility index (Phi) is 7.40. The minimum atomic E-state index is -3.89. The Bertz CT molecular complexity index is 1260. The van der Waals surface area contributed by atoms with Crippen LogP contribution in [0, 0.1) is 0 Å². The molecule has 2 N–H and O–H groups in total. The van der Waals surface area contributed by atoms with Crippen molar-refractivity contribution in [1.29, 1.82) is 0 Å². The summed E-state index contributed by atoms with van der Waals surface area (Å²) in [5.41, 5.74) is 1.26. The number of anilines is 2. The van der Waals surface area contributed by atoms with Crippen molar-refractivity contribution in [3.8, 4) is 5.75 Å². The Morgan fingerprint density at radius 3 is 2.31 bits per heavy atom. The third-order valence-electron chi connectivity index (χ3n) is 4.22. The Hall–Kier alpha value is -3.07. The average Bonchev–Trinajstić information content (AvgIpc) is 2.74. The van der Waals surface area contributed by atoms with E-state index in [4.69, 9.17) is 27.9 Å². The summed E-state index contributed by atoms with van der Waals surface area (Å²) in [6, 6.07) is 16.6. The quantitative estimate of drug-likeness (QED) is 0.430. The maximum absolute atomic E-state index is 12.6. The zero-order valence-electron chi connectivity index (χ0n) is 16.8. The van der Waals surface area contributed by atoms with Gasteiger partial charge in [0.2, 0.25) is 0 Å². The monoisotopic (exact) mass is 492 g/mol. The molecule has 0 radical (unpaired) electrons. The van der Waals surface area contributed by atoms with Crippen LogP contribution in [-0.2, 0) is 14.8 Å². The molecule has 3 aromatic carbocycles. The topological polar surface area (TPSA) is 102 Å². The number of Topliss-reactive ketones (excluding diaryl/α,β-unsaturated/α-hetero) is 1. The highest BCUT2D eigenvalue weighted by atomic mass is 35.5. The molecule has 0 saturated heterocycles. The Balaban J connectivity index is 1.63. The maximum Gasteiger partial charge on any atom is 0.262 e. The maximum atomic E-state index is 12.6. The predicted molar refractivity (Wildman–Crippen MR) is 124 cm³/mol. The molecule has 0 aliphatic rings. The third kappa shape index (κ3) is 6.23. The van der Waals surface area contributed by atoms with Gasteiger partial charge in [-0.1, -0.05) is 35.3 Å². The fourth-order valence-corrected chi connectivity index (χ4v) is 4.16. The van der Waals surface area contributed by atoms with E-state index in [1.165, 1.54) is 37.3 Å². The van der Waals surface area contributed by atoms with Crippen LogP contribution in [0.3, 0.4) is 0 Å². The molecule has 10 heteroatoms. The number of sulfonamides is 1. The second kappa shape index (κ2) is 10.0. The SMILES string of the molecule is CC(=O)c1cccc(NC(=O)COc2ccc(S(=O)(=O)Nc3ccc(Cl)cc3)cc2Cl)c1. The first-order chi connectivity index (χ1) is 15.1. The summed E-state index contributed by atoms with van der Waals surface area (Å²) in [7, 11) is -3.89. The van der Waals surface area contributed by atoms with Crippen LogP contribution in [0.25, 0.3) is 0 Å². The van der Waals surface area contributed by atoms with Gasteiger partial charge in [0.05, 0.1) is 9.92 Å². The lowest BCUT2D eigenvalue weighted by Gasteiger charge is -2.12. The van der Waals surface area contributed by atoms with Crippen molar-refractivity contribution in [1.82, 2.24) is 0 Å². The second-order valence-electron chi connectivity index (χ2n) is 6.68. The van der Waals surface area contributed by atoms with E-state index in [2.05, 4.69) is 10.0 Å². The Morgan fingerprint density at radius 2 is 1.66 bits per heavy atom. The molecule has 3 rings (SSSR count). The summed E-state index contributed by atoms with van der Waals surface area (Å²) in [4.78, 5) is 23.5. The summed E-state index contributed by atoms with van der Waals surface area (Å²) in [5, 5.41) is 3.12. The van der Waals surface area contributed by atoms with Gasteiger partial charge in [-0.2, -0.15) is 0 Å². The van der Waals surface area contributed by atoms with Crippen molar-refractivity contribution in [3.05, 3.63) is 82.3 Å². The smallest absolute Gasteiger partial charge is 0.262 e. The summed E-state index contributed by atoms with van der Waals surface area (Å²) in [6.07, 6.45) is 0. The van der Waals surface area contributed by atoms with Crippen LogP contribution in [0.4, 0.5) is 11.4 Å². The molecule has 0 spiro atoms. The van der Waals surface area contributed by atoms with E-state index in [9.17, 15) is 18.0 Å². The number of carbonyl (C=O) groups excluding carboxylic acids is 2. The van der Waals surface area contributed by atoms with E-state index < -0.39 is 15.9 Å². The molecule has 1 amide bonds. The summed E-state index contributed by atoms with van der Waals surface area (Å²) in [5.74, 6) is -0.447. The number of ether oxygens (including phenoxy) is 1. The number of ketones is 1. The molecule has 0 bridgehead atoms. The fourth-order valence-electron chi connectivity index (χ4n) is 2.65. The first-order valence-corrected chi connectivity index (χ1v) is 11.5. The molecule has 3 aromatic rings. The highest BCUT2D eigenvalue weighted by Crippen LogP contribution is 2.28. The molecule has 0 saturated carbocycles. The van der Waals surface area contributed by atoms with Crippen molar-refractivity contribution in [3.63, 3.8) is 0 Å². The van der Waals surface area contributed by atoms with E-state index in [0.717, 1.165) is 0 Å². The number of rotatable bonds is 8. The number of amides is 1. The molecule has 32 heavy (non-hydrogen) atoms. The van der Waals surface area contributed by atoms with Crippen molar-refractivity contribution in [2.24, 2.45) is 0 Å². The van der Waals surface area contributed by atoms with Gasteiger partial charge in [0, 0.05) is 22.0 Å². The fraction of sp³-hybridized carbons (Fsp3) is 0.0909. The molecule has 0 atom stereocenters. The van der Waals surface area contributed by atoms with Crippen molar-refractivity contribution < 1.29 is 22.7 Å². The van der Waals surface area contributed by atoms with Crippen molar-refractivity contribution >= 4 is 56.3 Å². The van der Waals surface area contributed by atoms with E-state index in [1.54, 1.807) is 36.4 Å². The Morgan fingerprint density at radius 1 is 0.938 bits per heavy atom. The van der Waals surface area contributed by atoms with Crippen LogP contribution in [0.2, 0.25) is 10.0 Å². The van der Waals surface area contributed by atoms with Crippen LogP contribution in [-0.4, -0.2) is 26.7 Å². The van der Waals surface area contributed by atoms with Crippen LogP contribution >= 0.6 is 23.2 Å². The summed E-state index contributed by atoms with van der Waals surface area (Å²) < 4.78 is 33.0. The Labute approximate surface area is 195 Å². The largest absolute Gasteiger partial charge is 0.482 e. The molecule has 0 aromatic heterocycles. The molecule has 166 valence electrons. The minimum Gasteiger partial charge on any atom is -0.482 e. The minimum absolute atomic E-state index is 0.0235. The third-order valence-corrected chi connectivity index (χ3v) is 6.15. The lowest BCUT2D eigenvalue weighted by atomic mass is 10.1.